The topological polar surface area (TPSA) is 16.1 Å². The summed E-state index contributed by atoms with van der Waals surface area (Å²) in [6, 6.07) is 10.3. The molecule has 1 heterocycles. The van der Waals surface area contributed by atoms with Crippen LogP contribution < -0.4 is 4.90 Å². The molecule has 0 aliphatic rings. The van der Waals surface area contributed by atoms with Crippen molar-refractivity contribution in [1.29, 1.82) is 0 Å². The van der Waals surface area contributed by atoms with E-state index in [0.717, 1.165) is 11.6 Å². The van der Waals surface area contributed by atoms with Gasteiger partial charge in [-0.15, -0.1) is 11.3 Å². The van der Waals surface area contributed by atoms with Crippen LogP contribution in [0, 0.1) is 0 Å². The fraction of sp³-hybridized carbons (Fsp3) is 0.250. The van der Waals surface area contributed by atoms with Crippen molar-refractivity contribution in [2.24, 2.45) is 0 Å². The highest BCUT2D eigenvalue weighted by Gasteiger charge is 2.07. The van der Waals surface area contributed by atoms with Crippen LogP contribution in [0.3, 0.4) is 0 Å². The van der Waals surface area contributed by atoms with E-state index in [2.05, 4.69) is 28.9 Å². The van der Waals surface area contributed by atoms with E-state index in [-0.39, 0.29) is 0 Å². The lowest BCUT2D eigenvalue weighted by atomic mass is 10.3. The number of aryl methyl sites for hydroxylation is 1. The molecular formula is C12H14N2S. The Hall–Kier alpha value is -1.35. The second-order valence-electron chi connectivity index (χ2n) is 3.36. The van der Waals surface area contributed by atoms with Gasteiger partial charge in [0.25, 0.3) is 0 Å². The fourth-order valence-corrected chi connectivity index (χ4v) is 2.21. The first-order chi connectivity index (χ1) is 7.31. The summed E-state index contributed by atoms with van der Waals surface area (Å²) in [5, 5.41) is 1.05. The zero-order chi connectivity index (χ0) is 10.7. The molecule has 0 spiro atoms. The number of benzene rings is 1. The maximum Gasteiger partial charge on any atom is 0.189 e. The predicted molar refractivity (Wildman–Crippen MR) is 66.0 cm³/mol. The van der Waals surface area contributed by atoms with Crippen molar-refractivity contribution in [3.8, 4) is 0 Å². The Labute approximate surface area is 94.2 Å². The van der Waals surface area contributed by atoms with Gasteiger partial charge in [0.2, 0.25) is 0 Å². The SMILES string of the molecule is CCc1cnc(N(C)c2ccccc2)s1. The molecule has 0 bridgehead atoms. The fourth-order valence-electron chi connectivity index (χ4n) is 1.38. The zero-order valence-electron chi connectivity index (χ0n) is 8.97. The van der Waals surface area contributed by atoms with Gasteiger partial charge in [-0.1, -0.05) is 25.1 Å². The number of hydrogen-bond donors (Lipinski definition) is 0. The second-order valence-corrected chi connectivity index (χ2v) is 4.45. The van der Waals surface area contributed by atoms with Crippen molar-refractivity contribution in [3.05, 3.63) is 41.4 Å². The smallest absolute Gasteiger partial charge is 0.189 e. The van der Waals surface area contributed by atoms with E-state index in [1.54, 1.807) is 11.3 Å². The maximum atomic E-state index is 4.41. The van der Waals surface area contributed by atoms with Gasteiger partial charge in [-0.3, -0.25) is 0 Å². The molecule has 0 saturated carbocycles. The summed E-state index contributed by atoms with van der Waals surface area (Å²) in [5.74, 6) is 0. The van der Waals surface area contributed by atoms with Crippen molar-refractivity contribution in [1.82, 2.24) is 4.98 Å². The van der Waals surface area contributed by atoms with Crippen LogP contribution in [0.15, 0.2) is 36.5 Å². The summed E-state index contributed by atoms with van der Waals surface area (Å²) in [5.41, 5.74) is 1.18. The molecule has 2 aromatic rings. The van der Waals surface area contributed by atoms with E-state index in [1.165, 1.54) is 10.6 Å². The quantitative estimate of drug-likeness (QED) is 0.784. The highest BCUT2D eigenvalue weighted by atomic mass is 32.1. The Bertz CT molecular complexity index is 422. The van der Waals surface area contributed by atoms with Gasteiger partial charge >= 0.3 is 0 Å². The van der Waals surface area contributed by atoms with Crippen LogP contribution in [0.2, 0.25) is 0 Å². The van der Waals surface area contributed by atoms with Gasteiger partial charge < -0.3 is 4.90 Å². The molecule has 0 unspecified atom stereocenters. The molecule has 3 heteroatoms. The maximum absolute atomic E-state index is 4.41. The van der Waals surface area contributed by atoms with E-state index in [9.17, 15) is 0 Å². The van der Waals surface area contributed by atoms with Crippen LogP contribution in [0.4, 0.5) is 10.8 Å². The van der Waals surface area contributed by atoms with Gasteiger partial charge in [0.1, 0.15) is 0 Å². The van der Waals surface area contributed by atoms with E-state index in [4.69, 9.17) is 0 Å². The summed E-state index contributed by atoms with van der Waals surface area (Å²) < 4.78 is 0. The van der Waals surface area contributed by atoms with Crippen LogP contribution >= 0.6 is 11.3 Å². The summed E-state index contributed by atoms with van der Waals surface area (Å²) in [7, 11) is 2.05. The van der Waals surface area contributed by atoms with Crippen LogP contribution in [-0.2, 0) is 6.42 Å². The molecule has 0 fully saturated rings. The highest BCUT2D eigenvalue weighted by molar-refractivity contribution is 7.15. The van der Waals surface area contributed by atoms with Gasteiger partial charge in [-0.25, -0.2) is 4.98 Å². The van der Waals surface area contributed by atoms with Crippen LogP contribution in [0.5, 0.6) is 0 Å². The van der Waals surface area contributed by atoms with Gasteiger partial charge in [0, 0.05) is 23.8 Å². The molecule has 0 atom stereocenters. The van der Waals surface area contributed by atoms with Gasteiger partial charge in [-0.05, 0) is 18.6 Å². The van der Waals surface area contributed by atoms with E-state index >= 15 is 0 Å². The monoisotopic (exact) mass is 218 g/mol. The van der Waals surface area contributed by atoms with Crippen LogP contribution in [-0.4, -0.2) is 12.0 Å². The van der Waals surface area contributed by atoms with Crippen molar-refractivity contribution < 1.29 is 0 Å². The third-order valence-corrected chi connectivity index (χ3v) is 3.54. The molecule has 2 rings (SSSR count). The Morgan fingerprint density at radius 2 is 2.00 bits per heavy atom. The summed E-state index contributed by atoms with van der Waals surface area (Å²) in [6.07, 6.45) is 3.01. The number of rotatable bonds is 3. The Balaban J connectivity index is 2.24. The standard InChI is InChI=1S/C12H14N2S/c1-3-11-9-13-12(15-11)14(2)10-7-5-4-6-8-10/h4-9H,3H2,1-2H3. The van der Waals surface area contributed by atoms with Crippen molar-refractivity contribution in [2.75, 3.05) is 11.9 Å². The lowest BCUT2D eigenvalue weighted by Gasteiger charge is -2.15. The van der Waals surface area contributed by atoms with Crippen molar-refractivity contribution in [2.45, 2.75) is 13.3 Å². The number of aromatic nitrogens is 1. The summed E-state index contributed by atoms with van der Waals surface area (Å²) in [4.78, 5) is 7.85. The molecule has 0 saturated heterocycles. The molecule has 78 valence electrons. The molecule has 15 heavy (non-hydrogen) atoms. The summed E-state index contributed by atoms with van der Waals surface area (Å²) in [6.45, 7) is 2.15. The van der Waals surface area contributed by atoms with Gasteiger partial charge in [0.15, 0.2) is 5.13 Å². The molecule has 1 aromatic carbocycles. The Morgan fingerprint density at radius 3 is 2.60 bits per heavy atom. The normalized spacial score (nSPS) is 10.3. The average molecular weight is 218 g/mol. The lowest BCUT2D eigenvalue weighted by Crippen LogP contribution is -2.08. The Kier molecular flexibility index (Phi) is 3.02. The van der Waals surface area contributed by atoms with Gasteiger partial charge in [0.05, 0.1) is 0 Å². The minimum atomic E-state index is 1.05. The number of thiazole rings is 1. The molecule has 2 nitrogen and oxygen atoms in total. The third kappa shape index (κ3) is 2.18. The number of para-hydroxylation sites is 1. The third-order valence-electron chi connectivity index (χ3n) is 2.32. The molecule has 0 aliphatic carbocycles. The van der Waals surface area contributed by atoms with Crippen molar-refractivity contribution >= 4 is 22.2 Å². The zero-order valence-corrected chi connectivity index (χ0v) is 9.79. The molecule has 0 N–H and O–H groups in total. The minimum absolute atomic E-state index is 1.05. The average Bonchev–Trinajstić information content (AvgIpc) is 2.78. The van der Waals surface area contributed by atoms with Crippen LogP contribution in [0.1, 0.15) is 11.8 Å². The highest BCUT2D eigenvalue weighted by Crippen LogP contribution is 2.27. The lowest BCUT2D eigenvalue weighted by molar-refractivity contribution is 1.14. The van der Waals surface area contributed by atoms with Crippen molar-refractivity contribution in [3.63, 3.8) is 0 Å². The number of nitrogens with zero attached hydrogens (tertiary/aromatic N) is 2. The largest absolute Gasteiger partial charge is 0.321 e. The molecular weight excluding hydrogens is 204 g/mol. The number of hydrogen-bond acceptors (Lipinski definition) is 3. The molecule has 0 aliphatic heterocycles. The first kappa shape index (κ1) is 10.2. The van der Waals surface area contributed by atoms with Crippen LogP contribution in [0.25, 0.3) is 0 Å². The summed E-state index contributed by atoms with van der Waals surface area (Å²) >= 11 is 1.75. The predicted octanol–water partition coefficient (Wildman–Crippen LogP) is 3.47. The number of anilines is 2. The Morgan fingerprint density at radius 1 is 1.27 bits per heavy atom. The van der Waals surface area contributed by atoms with Gasteiger partial charge in [-0.2, -0.15) is 0 Å². The molecule has 1 aromatic heterocycles. The molecule has 0 amide bonds. The molecule has 0 radical (unpaired) electrons. The minimum Gasteiger partial charge on any atom is -0.321 e. The first-order valence-electron chi connectivity index (χ1n) is 5.04. The van der Waals surface area contributed by atoms with E-state index in [1.807, 2.05) is 31.4 Å². The second kappa shape index (κ2) is 4.45. The first-order valence-corrected chi connectivity index (χ1v) is 5.86. The van der Waals surface area contributed by atoms with E-state index in [0.29, 0.717) is 0 Å². The van der Waals surface area contributed by atoms with E-state index < -0.39 is 0 Å².